The zero-order valence-corrected chi connectivity index (χ0v) is 10.3. The van der Waals surface area contributed by atoms with Crippen molar-refractivity contribution in [1.29, 1.82) is 5.26 Å². The normalized spacial score (nSPS) is 18.2. The van der Waals surface area contributed by atoms with Crippen LogP contribution in [-0.4, -0.2) is 23.9 Å². The second kappa shape index (κ2) is 4.77. The van der Waals surface area contributed by atoms with Gasteiger partial charge in [0.1, 0.15) is 5.82 Å². The van der Waals surface area contributed by atoms with Gasteiger partial charge in [-0.25, -0.2) is 4.39 Å². The third kappa shape index (κ3) is 2.51. The maximum absolute atomic E-state index is 13.1. The minimum Gasteiger partial charge on any atom is -0.339 e. The molecule has 18 heavy (non-hydrogen) atoms. The molecule has 1 aliphatic rings. The van der Waals surface area contributed by atoms with Crippen molar-refractivity contribution in [3.63, 3.8) is 0 Å². The number of hydrogen-bond acceptors (Lipinski definition) is 2. The fraction of sp³-hybridized carbons (Fsp3) is 0.429. The van der Waals surface area contributed by atoms with E-state index in [9.17, 15) is 9.18 Å². The van der Waals surface area contributed by atoms with Gasteiger partial charge in [-0.2, -0.15) is 5.26 Å². The molecular formula is C14H15FN2O. The van der Waals surface area contributed by atoms with E-state index >= 15 is 0 Å². The van der Waals surface area contributed by atoms with Crippen LogP contribution >= 0.6 is 0 Å². The number of halogens is 1. The molecule has 1 aliphatic heterocycles. The SMILES string of the molecule is CC1(C#N)CCN(C(=O)c2cccc(F)c2)CC1. The highest BCUT2D eigenvalue weighted by Crippen LogP contribution is 2.30. The molecule has 94 valence electrons. The number of hydrogen-bond donors (Lipinski definition) is 0. The molecule has 1 aromatic carbocycles. The first-order chi connectivity index (χ1) is 8.54. The predicted molar refractivity (Wildman–Crippen MR) is 65.3 cm³/mol. The van der Waals surface area contributed by atoms with Gasteiger partial charge in [-0.1, -0.05) is 6.07 Å². The monoisotopic (exact) mass is 246 g/mol. The Balaban J connectivity index is 2.07. The Morgan fingerprint density at radius 2 is 2.11 bits per heavy atom. The van der Waals surface area contributed by atoms with Crippen LogP contribution < -0.4 is 0 Å². The summed E-state index contributed by atoms with van der Waals surface area (Å²) in [5.41, 5.74) is 0.0363. The lowest BCUT2D eigenvalue weighted by atomic mass is 9.82. The van der Waals surface area contributed by atoms with E-state index in [4.69, 9.17) is 5.26 Å². The van der Waals surface area contributed by atoms with Gasteiger partial charge in [0.2, 0.25) is 0 Å². The number of piperidine rings is 1. The second-order valence-electron chi connectivity index (χ2n) is 4.98. The first kappa shape index (κ1) is 12.6. The quantitative estimate of drug-likeness (QED) is 0.764. The summed E-state index contributed by atoms with van der Waals surface area (Å²) in [6.07, 6.45) is 1.34. The van der Waals surface area contributed by atoms with Crippen molar-refractivity contribution >= 4 is 5.91 Å². The third-order valence-corrected chi connectivity index (χ3v) is 3.50. The molecule has 1 heterocycles. The van der Waals surface area contributed by atoms with E-state index in [0.29, 0.717) is 31.5 Å². The summed E-state index contributed by atoms with van der Waals surface area (Å²) in [5, 5.41) is 9.03. The number of likely N-dealkylation sites (tertiary alicyclic amines) is 1. The Hall–Kier alpha value is -1.89. The van der Waals surface area contributed by atoms with Gasteiger partial charge in [0.15, 0.2) is 0 Å². The van der Waals surface area contributed by atoms with E-state index in [-0.39, 0.29) is 11.3 Å². The zero-order chi connectivity index (χ0) is 13.2. The highest BCUT2D eigenvalue weighted by molar-refractivity contribution is 5.94. The van der Waals surface area contributed by atoms with Gasteiger partial charge in [-0.15, -0.1) is 0 Å². The van der Waals surface area contributed by atoms with Gasteiger partial charge in [-0.05, 0) is 38.0 Å². The number of benzene rings is 1. The molecule has 0 bridgehead atoms. The summed E-state index contributed by atoms with van der Waals surface area (Å²) in [6.45, 7) is 3.02. The Bertz CT molecular complexity index is 499. The lowest BCUT2D eigenvalue weighted by molar-refractivity contribution is 0.0661. The molecule has 1 fully saturated rings. The zero-order valence-electron chi connectivity index (χ0n) is 10.3. The number of nitrogens with zero attached hydrogens (tertiary/aromatic N) is 2. The third-order valence-electron chi connectivity index (χ3n) is 3.50. The van der Waals surface area contributed by atoms with Crippen LogP contribution in [0, 0.1) is 22.6 Å². The Labute approximate surface area is 106 Å². The van der Waals surface area contributed by atoms with Crippen LogP contribution in [0.2, 0.25) is 0 Å². The molecule has 0 N–H and O–H groups in total. The molecule has 3 nitrogen and oxygen atoms in total. The van der Waals surface area contributed by atoms with E-state index in [1.807, 2.05) is 6.92 Å². The van der Waals surface area contributed by atoms with Crippen LogP contribution in [-0.2, 0) is 0 Å². The van der Waals surface area contributed by atoms with Crippen molar-refractivity contribution in [3.8, 4) is 6.07 Å². The molecule has 0 atom stereocenters. The van der Waals surface area contributed by atoms with Crippen LogP contribution in [0.5, 0.6) is 0 Å². The molecule has 1 aromatic rings. The van der Waals surface area contributed by atoms with Crippen LogP contribution in [0.3, 0.4) is 0 Å². The van der Waals surface area contributed by atoms with Crippen molar-refractivity contribution in [2.45, 2.75) is 19.8 Å². The molecule has 4 heteroatoms. The first-order valence-electron chi connectivity index (χ1n) is 6.00. The fourth-order valence-electron chi connectivity index (χ4n) is 2.12. The highest BCUT2D eigenvalue weighted by Gasteiger charge is 2.32. The van der Waals surface area contributed by atoms with Gasteiger partial charge >= 0.3 is 0 Å². The summed E-state index contributed by atoms with van der Waals surface area (Å²) >= 11 is 0. The van der Waals surface area contributed by atoms with E-state index < -0.39 is 5.82 Å². The predicted octanol–water partition coefficient (Wildman–Crippen LogP) is 2.59. The number of carbonyl (C=O) groups is 1. The summed E-state index contributed by atoms with van der Waals surface area (Å²) in [7, 11) is 0. The summed E-state index contributed by atoms with van der Waals surface area (Å²) in [6, 6.07) is 8.01. The minimum absolute atomic E-state index is 0.158. The Kier molecular flexibility index (Phi) is 3.33. The van der Waals surface area contributed by atoms with Crippen LogP contribution in [0.15, 0.2) is 24.3 Å². The fourth-order valence-corrected chi connectivity index (χ4v) is 2.12. The minimum atomic E-state index is -0.403. The van der Waals surface area contributed by atoms with E-state index in [2.05, 4.69) is 6.07 Å². The summed E-state index contributed by atoms with van der Waals surface area (Å²) < 4.78 is 13.1. The van der Waals surface area contributed by atoms with Crippen molar-refractivity contribution in [3.05, 3.63) is 35.6 Å². The number of carbonyl (C=O) groups excluding carboxylic acids is 1. The molecule has 1 amide bonds. The maximum Gasteiger partial charge on any atom is 0.253 e. The van der Waals surface area contributed by atoms with E-state index in [1.165, 1.54) is 18.2 Å². The molecule has 0 saturated carbocycles. The molecule has 0 unspecified atom stereocenters. The molecule has 0 spiro atoms. The van der Waals surface area contributed by atoms with Crippen molar-refractivity contribution < 1.29 is 9.18 Å². The Morgan fingerprint density at radius 3 is 2.67 bits per heavy atom. The lowest BCUT2D eigenvalue weighted by Gasteiger charge is -2.34. The number of rotatable bonds is 1. The molecule has 2 rings (SSSR count). The van der Waals surface area contributed by atoms with Gasteiger partial charge in [0, 0.05) is 18.7 Å². The molecule has 0 aliphatic carbocycles. The van der Waals surface area contributed by atoms with Gasteiger partial charge in [0.25, 0.3) is 5.91 Å². The highest BCUT2D eigenvalue weighted by atomic mass is 19.1. The van der Waals surface area contributed by atoms with Gasteiger partial charge < -0.3 is 4.90 Å². The molecule has 1 saturated heterocycles. The smallest absolute Gasteiger partial charge is 0.253 e. The van der Waals surface area contributed by atoms with Crippen LogP contribution in [0.1, 0.15) is 30.1 Å². The summed E-state index contributed by atoms with van der Waals surface area (Å²) in [4.78, 5) is 13.8. The van der Waals surface area contributed by atoms with Crippen LogP contribution in [0.4, 0.5) is 4.39 Å². The van der Waals surface area contributed by atoms with Gasteiger partial charge in [-0.3, -0.25) is 4.79 Å². The standard InChI is InChI=1S/C14H15FN2O/c1-14(10-16)5-7-17(8-6-14)13(18)11-3-2-4-12(15)9-11/h2-4,9H,5-8H2,1H3. The average Bonchev–Trinajstić information content (AvgIpc) is 2.39. The number of amides is 1. The molecule has 0 radical (unpaired) electrons. The van der Waals surface area contributed by atoms with Crippen molar-refractivity contribution in [2.24, 2.45) is 5.41 Å². The molecule has 0 aromatic heterocycles. The first-order valence-corrected chi connectivity index (χ1v) is 6.00. The largest absolute Gasteiger partial charge is 0.339 e. The topological polar surface area (TPSA) is 44.1 Å². The second-order valence-corrected chi connectivity index (χ2v) is 4.98. The van der Waals surface area contributed by atoms with Crippen molar-refractivity contribution in [2.75, 3.05) is 13.1 Å². The Morgan fingerprint density at radius 1 is 1.44 bits per heavy atom. The van der Waals surface area contributed by atoms with Gasteiger partial charge in [0.05, 0.1) is 11.5 Å². The number of nitriles is 1. The average molecular weight is 246 g/mol. The maximum atomic E-state index is 13.1. The van der Waals surface area contributed by atoms with E-state index in [0.717, 1.165) is 0 Å². The molecular weight excluding hydrogens is 231 g/mol. The summed E-state index contributed by atoms with van der Waals surface area (Å²) in [5.74, 6) is -0.561. The lowest BCUT2D eigenvalue weighted by Crippen LogP contribution is -2.41. The van der Waals surface area contributed by atoms with Crippen molar-refractivity contribution in [1.82, 2.24) is 4.90 Å². The van der Waals surface area contributed by atoms with Crippen LogP contribution in [0.25, 0.3) is 0 Å². The van der Waals surface area contributed by atoms with E-state index in [1.54, 1.807) is 11.0 Å².